The van der Waals surface area contributed by atoms with E-state index in [1.165, 1.54) is 22.5 Å². The summed E-state index contributed by atoms with van der Waals surface area (Å²) in [4.78, 5) is 18.3. The monoisotopic (exact) mass is 260 g/mol. The number of carbonyl (C=O) groups is 1. The zero-order valence-corrected chi connectivity index (χ0v) is 12.3. The maximum atomic E-state index is 11.1. The van der Waals surface area contributed by atoms with Gasteiger partial charge in [0.2, 0.25) is 0 Å². The number of hydrogen-bond acceptors (Lipinski definition) is 3. The van der Waals surface area contributed by atoms with Crippen LogP contribution in [0, 0.1) is 0 Å². The Hall–Kier alpha value is -1.22. The van der Waals surface area contributed by atoms with Crippen LogP contribution < -0.4 is 0 Å². The van der Waals surface area contributed by atoms with Crippen LogP contribution in [0.4, 0.5) is 0 Å². The maximum Gasteiger partial charge on any atom is 0.131 e. The molecule has 0 bridgehead atoms. The molecule has 104 valence electrons. The number of carbonyl (C=O) groups excluding carboxylic acids is 1. The largest absolute Gasteiger partial charge is 0.300 e. The molecule has 0 atom stereocenters. The summed E-state index contributed by atoms with van der Waals surface area (Å²) < 4.78 is 0. The quantitative estimate of drug-likeness (QED) is 0.815. The van der Waals surface area contributed by atoms with Gasteiger partial charge in [0.05, 0.1) is 0 Å². The Morgan fingerprint density at radius 1 is 1.37 bits per heavy atom. The highest BCUT2D eigenvalue weighted by atomic mass is 16.1. The molecule has 0 aromatic carbocycles. The minimum absolute atomic E-state index is 0.277. The number of nitrogens with zero attached hydrogens (tertiary/aromatic N) is 2. The normalized spacial score (nSPS) is 15.3. The van der Waals surface area contributed by atoms with E-state index in [2.05, 4.69) is 24.8 Å². The fraction of sp³-hybridized carbons (Fsp3) is 0.625. The number of hydrogen-bond donors (Lipinski definition) is 0. The molecule has 0 saturated carbocycles. The summed E-state index contributed by atoms with van der Waals surface area (Å²) >= 11 is 0. The number of rotatable bonds is 5. The van der Waals surface area contributed by atoms with Gasteiger partial charge in [0.15, 0.2) is 0 Å². The van der Waals surface area contributed by atoms with Crippen LogP contribution >= 0.6 is 0 Å². The predicted molar refractivity (Wildman–Crippen MR) is 77.3 cm³/mol. The second-order valence-corrected chi connectivity index (χ2v) is 5.39. The van der Waals surface area contributed by atoms with Crippen LogP contribution in [0.2, 0.25) is 0 Å². The van der Waals surface area contributed by atoms with E-state index in [1.54, 1.807) is 6.92 Å². The second kappa shape index (κ2) is 6.29. The Morgan fingerprint density at radius 3 is 2.79 bits per heavy atom. The second-order valence-electron chi connectivity index (χ2n) is 5.39. The van der Waals surface area contributed by atoms with Crippen molar-refractivity contribution < 1.29 is 4.79 Å². The molecule has 1 aliphatic heterocycles. The third-order valence-electron chi connectivity index (χ3n) is 3.91. The summed E-state index contributed by atoms with van der Waals surface area (Å²) in [5, 5.41) is 0. The van der Waals surface area contributed by atoms with Crippen LogP contribution in [-0.4, -0.2) is 28.8 Å². The molecule has 0 radical (unpaired) electrons. The van der Waals surface area contributed by atoms with Gasteiger partial charge in [0, 0.05) is 43.9 Å². The average molecular weight is 260 g/mol. The van der Waals surface area contributed by atoms with Crippen LogP contribution in [0.3, 0.4) is 0 Å². The van der Waals surface area contributed by atoms with Crippen molar-refractivity contribution in [3.8, 4) is 0 Å². The zero-order valence-electron chi connectivity index (χ0n) is 12.3. The SMILES string of the molecule is CCc1cc2c(nc1CC)CCN(CCC(C)=O)C2. The first-order valence-electron chi connectivity index (χ1n) is 7.36. The molecule has 2 heterocycles. The van der Waals surface area contributed by atoms with Gasteiger partial charge in [-0.15, -0.1) is 0 Å². The van der Waals surface area contributed by atoms with Crippen molar-refractivity contribution in [3.05, 3.63) is 28.6 Å². The summed E-state index contributed by atoms with van der Waals surface area (Å²) in [6.07, 6.45) is 3.75. The number of fused-ring (bicyclic) bond motifs is 1. The highest BCUT2D eigenvalue weighted by Gasteiger charge is 2.19. The number of pyridine rings is 1. The van der Waals surface area contributed by atoms with E-state index >= 15 is 0 Å². The molecule has 0 unspecified atom stereocenters. The molecule has 0 amide bonds. The highest BCUT2D eigenvalue weighted by molar-refractivity contribution is 5.75. The highest BCUT2D eigenvalue weighted by Crippen LogP contribution is 2.21. The van der Waals surface area contributed by atoms with Crippen molar-refractivity contribution in [1.29, 1.82) is 0 Å². The fourth-order valence-corrected chi connectivity index (χ4v) is 2.74. The van der Waals surface area contributed by atoms with Crippen molar-refractivity contribution in [2.75, 3.05) is 13.1 Å². The molecule has 1 aromatic heterocycles. The van der Waals surface area contributed by atoms with E-state index in [1.807, 2.05) is 0 Å². The van der Waals surface area contributed by atoms with Gasteiger partial charge in [-0.1, -0.05) is 19.9 Å². The molecule has 0 spiro atoms. The van der Waals surface area contributed by atoms with E-state index in [0.29, 0.717) is 6.42 Å². The van der Waals surface area contributed by atoms with E-state index in [0.717, 1.165) is 38.9 Å². The Kier molecular flexibility index (Phi) is 4.70. The molecule has 3 nitrogen and oxygen atoms in total. The first-order chi connectivity index (χ1) is 9.13. The first-order valence-corrected chi connectivity index (χ1v) is 7.36. The van der Waals surface area contributed by atoms with Crippen LogP contribution in [0.5, 0.6) is 0 Å². The van der Waals surface area contributed by atoms with Gasteiger partial charge in [0.25, 0.3) is 0 Å². The first kappa shape index (κ1) is 14.2. The molecule has 19 heavy (non-hydrogen) atoms. The molecule has 0 fully saturated rings. The summed E-state index contributed by atoms with van der Waals surface area (Å²) in [6, 6.07) is 2.33. The van der Waals surface area contributed by atoms with Crippen LogP contribution in [0.1, 0.15) is 49.7 Å². The van der Waals surface area contributed by atoms with Crippen molar-refractivity contribution in [1.82, 2.24) is 9.88 Å². The van der Waals surface area contributed by atoms with E-state index in [4.69, 9.17) is 4.98 Å². The Balaban J connectivity index is 2.13. The lowest BCUT2D eigenvalue weighted by Crippen LogP contribution is -2.33. The summed E-state index contributed by atoms with van der Waals surface area (Å²) in [7, 11) is 0. The lowest BCUT2D eigenvalue weighted by atomic mass is 9.99. The number of aromatic nitrogens is 1. The summed E-state index contributed by atoms with van der Waals surface area (Å²) in [5.74, 6) is 0.277. The smallest absolute Gasteiger partial charge is 0.131 e. The van der Waals surface area contributed by atoms with Gasteiger partial charge < -0.3 is 0 Å². The van der Waals surface area contributed by atoms with Gasteiger partial charge in [-0.2, -0.15) is 0 Å². The third-order valence-corrected chi connectivity index (χ3v) is 3.91. The average Bonchev–Trinajstić information content (AvgIpc) is 2.43. The van der Waals surface area contributed by atoms with Crippen molar-refractivity contribution in [2.45, 2.75) is 53.0 Å². The van der Waals surface area contributed by atoms with Gasteiger partial charge in [-0.25, -0.2) is 0 Å². The molecule has 0 N–H and O–H groups in total. The lowest BCUT2D eigenvalue weighted by molar-refractivity contribution is -0.117. The predicted octanol–water partition coefficient (Wildman–Crippen LogP) is 2.54. The zero-order chi connectivity index (χ0) is 13.8. The standard InChI is InChI=1S/C16H24N2O/c1-4-13-10-14-11-18(8-6-12(3)19)9-7-16(14)17-15(13)5-2/h10H,4-9,11H2,1-3H3. The Bertz CT molecular complexity index is 468. The van der Waals surface area contributed by atoms with E-state index < -0.39 is 0 Å². The number of ketones is 1. The molecule has 1 aliphatic rings. The van der Waals surface area contributed by atoms with Crippen LogP contribution in [0.15, 0.2) is 6.07 Å². The van der Waals surface area contributed by atoms with Crippen molar-refractivity contribution in [2.24, 2.45) is 0 Å². The Morgan fingerprint density at radius 2 is 2.16 bits per heavy atom. The van der Waals surface area contributed by atoms with E-state index in [9.17, 15) is 4.79 Å². The minimum Gasteiger partial charge on any atom is -0.300 e. The maximum absolute atomic E-state index is 11.1. The van der Waals surface area contributed by atoms with Gasteiger partial charge in [0.1, 0.15) is 5.78 Å². The summed E-state index contributed by atoms with van der Waals surface area (Å²) in [5.41, 5.74) is 5.28. The van der Waals surface area contributed by atoms with Crippen molar-refractivity contribution >= 4 is 5.78 Å². The van der Waals surface area contributed by atoms with Gasteiger partial charge in [-0.3, -0.25) is 14.7 Å². The van der Waals surface area contributed by atoms with Crippen LogP contribution in [0.25, 0.3) is 0 Å². The fourth-order valence-electron chi connectivity index (χ4n) is 2.74. The van der Waals surface area contributed by atoms with E-state index in [-0.39, 0.29) is 5.78 Å². The summed E-state index contributed by atoms with van der Waals surface area (Å²) in [6.45, 7) is 8.90. The minimum atomic E-state index is 0.277. The molecular formula is C16H24N2O. The molecular weight excluding hydrogens is 236 g/mol. The number of aryl methyl sites for hydroxylation is 2. The third kappa shape index (κ3) is 3.41. The number of Topliss-reactive ketones (excluding diaryl/α,β-unsaturated/α-hetero) is 1. The lowest BCUT2D eigenvalue weighted by Gasteiger charge is -2.28. The van der Waals surface area contributed by atoms with Gasteiger partial charge >= 0.3 is 0 Å². The topological polar surface area (TPSA) is 33.2 Å². The molecule has 0 saturated heterocycles. The molecule has 1 aromatic rings. The van der Waals surface area contributed by atoms with Crippen molar-refractivity contribution in [3.63, 3.8) is 0 Å². The van der Waals surface area contributed by atoms with Crippen LogP contribution in [-0.2, 0) is 30.6 Å². The van der Waals surface area contributed by atoms with Gasteiger partial charge in [-0.05, 0) is 30.9 Å². The molecule has 3 heteroatoms. The molecule has 0 aliphatic carbocycles. The Labute approximate surface area is 116 Å². The molecule has 2 rings (SSSR count).